The summed E-state index contributed by atoms with van der Waals surface area (Å²) in [6.45, 7) is 5.25. The van der Waals surface area contributed by atoms with Gasteiger partial charge in [0.05, 0.1) is 21.7 Å². The predicted molar refractivity (Wildman–Crippen MR) is 213 cm³/mol. The number of halogens is 3. The number of rotatable bonds is 12. The van der Waals surface area contributed by atoms with Crippen LogP contribution < -0.4 is 20.9 Å². The van der Waals surface area contributed by atoms with Crippen LogP contribution in [0.1, 0.15) is 40.0 Å². The fourth-order valence-corrected chi connectivity index (χ4v) is 7.66. The number of hydrogen-bond acceptors (Lipinski definition) is 12. The fourth-order valence-electron chi connectivity index (χ4n) is 7.37. The lowest BCUT2D eigenvalue weighted by atomic mass is 10.0. The monoisotopic (exact) mass is 829 g/mol. The zero-order valence-electron chi connectivity index (χ0n) is 31.7. The van der Waals surface area contributed by atoms with E-state index in [1.54, 1.807) is 24.1 Å². The summed E-state index contributed by atoms with van der Waals surface area (Å²) >= 11 is 6.55. The Morgan fingerprint density at radius 3 is 2.46 bits per heavy atom. The summed E-state index contributed by atoms with van der Waals surface area (Å²) < 4.78 is 31.4. The van der Waals surface area contributed by atoms with Gasteiger partial charge in [-0.15, -0.1) is 0 Å². The minimum atomic E-state index is -1.11. The van der Waals surface area contributed by atoms with Gasteiger partial charge in [0.15, 0.2) is 5.82 Å². The number of aromatic nitrogens is 2. The van der Waals surface area contributed by atoms with Crippen molar-refractivity contribution in [2.24, 2.45) is 0 Å². The molecular formula is C40H38ClF2N9O7. The lowest BCUT2D eigenvalue weighted by molar-refractivity contribution is -0.136. The molecule has 4 heterocycles. The number of hydrogen-bond donors (Lipinski definition) is 4. The Morgan fingerprint density at radius 2 is 1.75 bits per heavy atom. The van der Waals surface area contributed by atoms with Gasteiger partial charge in [0, 0.05) is 82.3 Å². The minimum absolute atomic E-state index is 0.00263. The average Bonchev–Trinajstić information content (AvgIpc) is 3.47. The molecule has 19 heteroatoms. The molecule has 306 valence electrons. The maximum absolute atomic E-state index is 16.5. The third-order valence-corrected chi connectivity index (χ3v) is 10.7. The van der Waals surface area contributed by atoms with Crippen LogP contribution in [0.3, 0.4) is 0 Å². The van der Waals surface area contributed by atoms with Gasteiger partial charge in [-0.1, -0.05) is 30.3 Å². The van der Waals surface area contributed by atoms with Crippen molar-refractivity contribution >= 4 is 75.4 Å². The second-order valence-electron chi connectivity index (χ2n) is 14.1. The lowest BCUT2D eigenvalue weighted by Gasteiger charge is -2.35. The van der Waals surface area contributed by atoms with Crippen LogP contribution in [0, 0.1) is 11.6 Å². The number of carbonyl (C=O) groups is 6. The van der Waals surface area contributed by atoms with Crippen molar-refractivity contribution < 1.29 is 42.7 Å². The molecule has 1 atom stereocenters. The van der Waals surface area contributed by atoms with Crippen molar-refractivity contribution in [3.63, 3.8) is 0 Å². The quantitative estimate of drug-likeness (QED) is 0.120. The third kappa shape index (κ3) is 7.82. The molecule has 0 saturated carbocycles. The first-order valence-electron chi connectivity index (χ1n) is 18.7. The topological polar surface area (TPSA) is 197 Å². The van der Waals surface area contributed by atoms with Gasteiger partial charge in [-0.05, 0) is 42.8 Å². The Morgan fingerprint density at radius 1 is 1.00 bits per heavy atom. The molecule has 0 radical (unpaired) electrons. The molecule has 0 aliphatic carbocycles. The Labute approximate surface area is 340 Å². The van der Waals surface area contributed by atoms with E-state index in [-0.39, 0.29) is 95.1 Å². The first-order valence-corrected chi connectivity index (χ1v) is 19.1. The maximum atomic E-state index is 16.5. The van der Waals surface area contributed by atoms with E-state index in [1.807, 2.05) is 4.90 Å². The molecule has 2 fully saturated rings. The number of piperidine rings is 1. The molecule has 4 N–H and O–H groups in total. The second-order valence-corrected chi connectivity index (χ2v) is 14.5. The lowest BCUT2D eigenvalue weighted by Crippen LogP contribution is -2.54. The highest BCUT2D eigenvalue weighted by molar-refractivity contribution is 6.34. The molecule has 16 nitrogen and oxygen atoms in total. The number of carbonyl (C=O) groups excluding carboxylic acids is 6. The number of aromatic hydroxyl groups is 1. The summed E-state index contributed by atoms with van der Waals surface area (Å²) in [7, 11) is 1.58. The van der Waals surface area contributed by atoms with Crippen LogP contribution in [0.25, 0.3) is 22.0 Å². The number of imide groups is 2. The SMILES string of the molecule is C=CC(=O)N1CCN(c2nc(NCCC(=O)N(C)CCNc3cccc4c3C(=O)N(C3CCC(=O)NC3=O)C4=O)nc3c(F)c(-c4c(O)cccc4F)c(Cl)cc23)CC1. The zero-order valence-corrected chi connectivity index (χ0v) is 32.4. The third-order valence-electron chi connectivity index (χ3n) is 10.4. The van der Waals surface area contributed by atoms with Crippen LogP contribution in [0.5, 0.6) is 5.75 Å². The van der Waals surface area contributed by atoms with Gasteiger partial charge in [0.2, 0.25) is 29.6 Å². The first-order chi connectivity index (χ1) is 28.3. The van der Waals surface area contributed by atoms with Crippen LogP contribution in [0.2, 0.25) is 5.02 Å². The van der Waals surface area contributed by atoms with Crippen LogP contribution in [0.15, 0.2) is 55.1 Å². The molecular weight excluding hydrogens is 792 g/mol. The van der Waals surface area contributed by atoms with E-state index in [0.717, 1.165) is 11.0 Å². The summed E-state index contributed by atoms with van der Waals surface area (Å²) in [6.07, 6.45) is 1.21. The van der Waals surface area contributed by atoms with Gasteiger partial charge in [-0.25, -0.2) is 13.8 Å². The molecule has 1 unspecified atom stereocenters. The fraction of sp³-hybridized carbons (Fsp3) is 0.300. The zero-order chi connectivity index (χ0) is 42.1. The number of amides is 6. The first kappa shape index (κ1) is 40.5. The van der Waals surface area contributed by atoms with Gasteiger partial charge in [0.25, 0.3) is 11.8 Å². The summed E-state index contributed by atoms with van der Waals surface area (Å²) in [4.78, 5) is 90.9. The van der Waals surface area contributed by atoms with E-state index in [2.05, 4.69) is 32.5 Å². The Kier molecular flexibility index (Phi) is 11.4. The van der Waals surface area contributed by atoms with Crippen molar-refractivity contribution in [1.29, 1.82) is 0 Å². The number of fused-ring (bicyclic) bond motifs is 2. The number of phenolic OH excluding ortho intramolecular Hbond substituents is 1. The summed E-state index contributed by atoms with van der Waals surface area (Å²) in [6, 6.07) is 8.54. The Bertz CT molecular complexity index is 2420. The average molecular weight is 830 g/mol. The number of nitrogens with one attached hydrogen (secondary N) is 3. The molecule has 7 rings (SSSR count). The van der Waals surface area contributed by atoms with E-state index < -0.39 is 52.6 Å². The molecule has 3 aliphatic rings. The van der Waals surface area contributed by atoms with Crippen molar-refractivity contribution in [2.45, 2.75) is 25.3 Å². The molecule has 1 aromatic heterocycles. The van der Waals surface area contributed by atoms with Gasteiger partial charge in [0.1, 0.15) is 28.9 Å². The number of piperazine rings is 1. The van der Waals surface area contributed by atoms with Crippen LogP contribution in [-0.4, -0.2) is 124 Å². The van der Waals surface area contributed by atoms with E-state index in [1.165, 1.54) is 35.2 Å². The summed E-state index contributed by atoms with van der Waals surface area (Å²) in [5, 5.41) is 18.8. The maximum Gasteiger partial charge on any atom is 0.264 e. The predicted octanol–water partition coefficient (Wildman–Crippen LogP) is 3.54. The molecule has 59 heavy (non-hydrogen) atoms. The van der Waals surface area contributed by atoms with Crippen molar-refractivity contribution in [1.82, 2.24) is 30.0 Å². The molecule has 0 bridgehead atoms. The van der Waals surface area contributed by atoms with Crippen molar-refractivity contribution in [3.05, 3.63) is 82.9 Å². The van der Waals surface area contributed by atoms with Crippen LogP contribution in [-0.2, 0) is 19.2 Å². The van der Waals surface area contributed by atoms with E-state index >= 15 is 4.39 Å². The van der Waals surface area contributed by atoms with Gasteiger partial charge in [-0.3, -0.25) is 39.0 Å². The Hall–Kier alpha value is -6.69. The highest BCUT2D eigenvalue weighted by atomic mass is 35.5. The summed E-state index contributed by atoms with van der Waals surface area (Å²) in [5.74, 6) is -5.17. The van der Waals surface area contributed by atoms with Crippen LogP contribution >= 0.6 is 11.6 Å². The molecule has 3 aromatic carbocycles. The van der Waals surface area contributed by atoms with Crippen molar-refractivity contribution in [2.75, 3.05) is 68.4 Å². The van der Waals surface area contributed by atoms with Gasteiger partial charge < -0.3 is 30.4 Å². The number of nitrogens with zero attached hydrogens (tertiary/aromatic N) is 6. The highest BCUT2D eigenvalue weighted by Crippen LogP contribution is 2.42. The molecule has 4 aromatic rings. The van der Waals surface area contributed by atoms with E-state index in [0.29, 0.717) is 31.9 Å². The molecule has 3 aliphatic heterocycles. The highest BCUT2D eigenvalue weighted by Gasteiger charge is 2.45. The number of phenols is 1. The molecule has 2 saturated heterocycles. The van der Waals surface area contributed by atoms with E-state index in [4.69, 9.17) is 11.6 Å². The second kappa shape index (κ2) is 16.7. The normalized spacial score (nSPS) is 16.6. The number of likely N-dealkylation sites (N-methyl/N-ethyl adjacent to an activating group) is 1. The van der Waals surface area contributed by atoms with Crippen LogP contribution in [0.4, 0.5) is 26.2 Å². The molecule has 6 amide bonds. The van der Waals surface area contributed by atoms with Gasteiger partial charge >= 0.3 is 0 Å². The van der Waals surface area contributed by atoms with Crippen molar-refractivity contribution in [3.8, 4) is 16.9 Å². The number of benzene rings is 3. The van der Waals surface area contributed by atoms with E-state index in [9.17, 15) is 38.3 Å². The molecule has 0 spiro atoms. The standard InChI is InChI=1S/C40H38ClF2N9O7/c1-3-29(55)50-16-18-51(19-17-50)36-22-20-23(41)32(33-24(42)7-5-9-27(33)53)34(43)35(22)47-40(48-36)45-13-12-30(56)49(2)15-14-44-25-8-4-6-21-31(25)39(59)52(38(21)58)26-10-11-28(54)46-37(26)57/h3-9,20,26,44,53H,1,10-19H2,2H3,(H,45,47,48)(H,46,54,57). The smallest absolute Gasteiger partial charge is 0.264 e. The number of anilines is 3. The largest absolute Gasteiger partial charge is 0.507 e. The van der Waals surface area contributed by atoms with Gasteiger partial charge in [-0.2, -0.15) is 4.98 Å². The summed E-state index contributed by atoms with van der Waals surface area (Å²) in [5.41, 5.74) is -0.477. The Balaban J connectivity index is 1.03. The minimum Gasteiger partial charge on any atom is -0.507 e.